The Morgan fingerprint density at radius 3 is 2.74 bits per heavy atom. The Morgan fingerprint density at radius 1 is 1.37 bits per heavy atom. The van der Waals surface area contributed by atoms with Gasteiger partial charge in [0.1, 0.15) is 0 Å². The first-order chi connectivity index (χ1) is 9.20. The van der Waals surface area contributed by atoms with E-state index in [9.17, 15) is 10.1 Å². The highest BCUT2D eigenvalue weighted by molar-refractivity contribution is 7.99. The average Bonchev–Trinajstić information content (AvgIpc) is 2.87. The molecular weight excluding hydrogens is 260 g/mol. The third-order valence-electron chi connectivity index (χ3n) is 3.83. The van der Waals surface area contributed by atoms with Crippen LogP contribution < -0.4 is 5.32 Å². The molecule has 1 fully saturated rings. The Balaban J connectivity index is 1.77. The Morgan fingerprint density at radius 2 is 2.11 bits per heavy atom. The van der Waals surface area contributed by atoms with E-state index < -0.39 is 0 Å². The van der Waals surface area contributed by atoms with E-state index in [4.69, 9.17) is 0 Å². The van der Waals surface area contributed by atoms with Gasteiger partial charge in [-0.25, -0.2) is 0 Å². The molecular formula is C14H20N2O2S. The normalized spacial score (nSPS) is 22.6. The van der Waals surface area contributed by atoms with Gasteiger partial charge in [0, 0.05) is 23.1 Å². The van der Waals surface area contributed by atoms with Gasteiger partial charge >= 0.3 is 0 Å². The molecule has 104 valence electrons. The first kappa shape index (κ1) is 14.3. The van der Waals surface area contributed by atoms with Crippen molar-refractivity contribution in [3.63, 3.8) is 0 Å². The summed E-state index contributed by atoms with van der Waals surface area (Å²) in [5.41, 5.74) is 0.162. The van der Waals surface area contributed by atoms with E-state index in [1.165, 1.54) is 25.7 Å². The molecule has 0 aliphatic heterocycles. The molecule has 0 radical (unpaired) electrons. The lowest BCUT2D eigenvalue weighted by Crippen LogP contribution is -2.29. The Kier molecular flexibility index (Phi) is 5.22. The molecule has 2 atom stereocenters. The fourth-order valence-corrected chi connectivity index (χ4v) is 3.74. The van der Waals surface area contributed by atoms with Gasteiger partial charge in [-0.1, -0.05) is 6.42 Å². The van der Waals surface area contributed by atoms with Crippen LogP contribution in [-0.4, -0.2) is 23.8 Å². The predicted octanol–water partition coefficient (Wildman–Crippen LogP) is 3.47. The molecule has 0 aromatic heterocycles. The van der Waals surface area contributed by atoms with Crippen LogP contribution in [0, 0.1) is 16.0 Å². The maximum Gasteiger partial charge on any atom is 0.269 e. The lowest BCUT2D eigenvalue weighted by molar-refractivity contribution is -0.384. The molecule has 2 rings (SSSR count). The van der Waals surface area contributed by atoms with Crippen LogP contribution in [0.25, 0.3) is 0 Å². The zero-order valence-corrected chi connectivity index (χ0v) is 12.0. The number of nitro groups is 1. The van der Waals surface area contributed by atoms with Crippen molar-refractivity contribution in [2.75, 3.05) is 12.8 Å². The lowest BCUT2D eigenvalue weighted by atomic mass is 10.0. The van der Waals surface area contributed by atoms with Gasteiger partial charge in [-0.05, 0) is 50.1 Å². The van der Waals surface area contributed by atoms with Crippen LogP contribution >= 0.6 is 11.8 Å². The molecule has 1 aliphatic carbocycles. The van der Waals surface area contributed by atoms with Gasteiger partial charge in [-0.15, -0.1) is 11.8 Å². The standard InChI is InChI=1S/C14H20N2O2S/c1-15-14-4-2-3-11(14)9-10-19-13-7-5-12(6-8-13)16(17)18/h5-8,11,14-15H,2-4,9-10H2,1H3. The minimum Gasteiger partial charge on any atom is -0.317 e. The van der Waals surface area contributed by atoms with E-state index in [1.54, 1.807) is 23.9 Å². The largest absolute Gasteiger partial charge is 0.317 e. The minimum absolute atomic E-state index is 0.162. The summed E-state index contributed by atoms with van der Waals surface area (Å²) < 4.78 is 0. The molecule has 1 saturated carbocycles. The molecule has 4 nitrogen and oxygen atoms in total. The van der Waals surface area contributed by atoms with Gasteiger partial charge in [0.25, 0.3) is 5.69 Å². The van der Waals surface area contributed by atoms with Crippen LogP contribution in [-0.2, 0) is 0 Å². The second kappa shape index (κ2) is 6.91. The minimum atomic E-state index is -0.357. The number of non-ortho nitro benzene ring substituents is 1. The maximum atomic E-state index is 10.6. The second-order valence-electron chi connectivity index (χ2n) is 4.97. The van der Waals surface area contributed by atoms with Crippen LogP contribution in [0.5, 0.6) is 0 Å². The first-order valence-corrected chi connectivity index (χ1v) is 7.74. The van der Waals surface area contributed by atoms with Crippen LogP contribution in [0.3, 0.4) is 0 Å². The SMILES string of the molecule is CNC1CCCC1CCSc1ccc([N+](=O)[O-])cc1. The van der Waals surface area contributed by atoms with Crippen LogP contribution in [0.15, 0.2) is 29.2 Å². The molecule has 0 bridgehead atoms. The molecule has 5 heteroatoms. The number of nitrogens with zero attached hydrogens (tertiary/aromatic N) is 1. The second-order valence-corrected chi connectivity index (χ2v) is 6.14. The molecule has 0 heterocycles. The molecule has 2 unspecified atom stereocenters. The van der Waals surface area contributed by atoms with E-state index in [0.29, 0.717) is 6.04 Å². The predicted molar refractivity (Wildman–Crippen MR) is 78.6 cm³/mol. The lowest BCUT2D eigenvalue weighted by Gasteiger charge is -2.18. The summed E-state index contributed by atoms with van der Waals surface area (Å²) in [4.78, 5) is 11.3. The number of rotatable bonds is 6. The molecule has 19 heavy (non-hydrogen) atoms. The quantitative estimate of drug-likeness (QED) is 0.492. The van der Waals surface area contributed by atoms with E-state index in [-0.39, 0.29) is 10.6 Å². The van der Waals surface area contributed by atoms with Crippen molar-refractivity contribution in [3.8, 4) is 0 Å². The molecule has 0 saturated heterocycles. The summed E-state index contributed by atoms with van der Waals surface area (Å²) in [5.74, 6) is 1.87. The van der Waals surface area contributed by atoms with Crippen molar-refractivity contribution in [1.29, 1.82) is 0 Å². The first-order valence-electron chi connectivity index (χ1n) is 6.75. The smallest absolute Gasteiger partial charge is 0.269 e. The van der Waals surface area contributed by atoms with E-state index in [1.807, 2.05) is 19.2 Å². The number of nitro benzene ring substituents is 1. The van der Waals surface area contributed by atoms with Crippen molar-refractivity contribution in [3.05, 3.63) is 34.4 Å². The van der Waals surface area contributed by atoms with Crippen molar-refractivity contribution in [2.45, 2.75) is 36.6 Å². The van der Waals surface area contributed by atoms with Gasteiger partial charge in [0.15, 0.2) is 0 Å². The number of nitrogens with one attached hydrogen (secondary N) is 1. The summed E-state index contributed by atoms with van der Waals surface area (Å²) in [6.07, 6.45) is 5.17. The van der Waals surface area contributed by atoms with Crippen LogP contribution in [0.1, 0.15) is 25.7 Å². The van der Waals surface area contributed by atoms with Gasteiger partial charge < -0.3 is 5.32 Å². The summed E-state index contributed by atoms with van der Waals surface area (Å²) in [6.45, 7) is 0. The number of hydrogen-bond acceptors (Lipinski definition) is 4. The highest BCUT2D eigenvalue weighted by Crippen LogP contribution is 2.31. The molecule has 1 N–H and O–H groups in total. The van der Waals surface area contributed by atoms with Gasteiger partial charge in [-0.3, -0.25) is 10.1 Å². The third-order valence-corrected chi connectivity index (χ3v) is 4.88. The van der Waals surface area contributed by atoms with Crippen molar-refractivity contribution >= 4 is 17.4 Å². The van der Waals surface area contributed by atoms with Gasteiger partial charge in [0.05, 0.1) is 4.92 Å². The molecule has 1 aliphatic rings. The molecule has 0 spiro atoms. The number of thioether (sulfide) groups is 1. The fraction of sp³-hybridized carbons (Fsp3) is 0.571. The van der Waals surface area contributed by atoms with Gasteiger partial charge in [0.2, 0.25) is 0 Å². The number of hydrogen-bond donors (Lipinski definition) is 1. The summed E-state index contributed by atoms with van der Waals surface area (Å²) in [5, 5.41) is 14.0. The van der Waals surface area contributed by atoms with Crippen molar-refractivity contribution < 1.29 is 4.92 Å². The number of benzene rings is 1. The third kappa shape index (κ3) is 3.94. The zero-order valence-electron chi connectivity index (χ0n) is 11.2. The maximum absolute atomic E-state index is 10.6. The van der Waals surface area contributed by atoms with Crippen LogP contribution in [0.2, 0.25) is 0 Å². The fourth-order valence-electron chi connectivity index (χ4n) is 2.75. The van der Waals surface area contributed by atoms with Crippen molar-refractivity contribution in [2.24, 2.45) is 5.92 Å². The topological polar surface area (TPSA) is 55.2 Å². The van der Waals surface area contributed by atoms with Crippen LogP contribution in [0.4, 0.5) is 5.69 Å². The summed E-state index contributed by atoms with van der Waals surface area (Å²) in [7, 11) is 2.05. The Labute approximate surface area is 118 Å². The highest BCUT2D eigenvalue weighted by atomic mass is 32.2. The molecule has 0 amide bonds. The monoisotopic (exact) mass is 280 g/mol. The average molecular weight is 280 g/mol. The molecule has 1 aromatic carbocycles. The molecule has 1 aromatic rings. The van der Waals surface area contributed by atoms with E-state index >= 15 is 0 Å². The van der Waals surface area contributed by atoms with Gasteiger partial charge in [-0.2, -0.15) is 0 Å². The van der Waals surface area contributed by atoms with Crippen molar-refractivity contribution in [1.82, 2.24) is 5.32 Å². The zero-order chi connectivity index (χ0) is 13.7. The summed E-state index contributed by atoms with van der Waals surface area (Å²) in [6, 6.07) is 7.51. The van der Waals surface area contributed by atoms with E-state index in [0.717, 1.165) is 16.6 Å². The van der Waals surface area contributed by atoms with E-state index in [2.05, 4.69) is 5.32 Å². The Bertz CT molecular complexity index is 422. The Hall–Kier alpha value is -1.07. The summed E-state index contributed by atoms with van der Waals surface area (Å²) >= 11 is 1.79. The highest BCUT2D eigenvalue weighted by Gasteiger charge is 2.25.